The van der Waals surface area contributed by atoms with Gasteiger partial charge in [-0.05, 0) is 73.5 Å². The molecule has 0 radical (unpaired) electrons. The van der Waals surface area contributed by atoms with Crippen molar-refractivity contribution in [3.8, 4) is 5.75 Å². The van der Waals surface area contributed by atoms with Crippen LogP contribution in [-0.4, -0.2) is 60.7 Å². The van der Waals surface area contributed by atoms with E-state index in [0.717, 1.165) is 16.9 Å². The number of hydrogen-bond acceptors (Lipinski definition) is 6. The number of anilines is 2. The third-order valence-electron chi connectivity index (χ3n) is 7.48. The summed E-state index contributed by atoms with van der Waals surface area (Å²) in [5.74, 6) is 0.443. The highest BCUT2D eigenvalue weighted by Gasteiger charge is 2.38. The number of hydrogen-bond donors (Lipinski definition) is 0. The van der Waals surface area contributed by atoms with E-state index in [9.17, 15) is 14.4 Å². The first-order valence-electron chi connectivity index (χ1n) is 13.7. The van der Waals surface area contributed by atoms with Crippen molar-refractivity contribution in [3.05, 3.63) is 101 Å². The fourth-order valence-corrected chi connectivity index (χ4v) is 5.60. The van der Waals surface area contributed by atoms with Crippen molar-refractivity contribution in [2.24, 2.45) is 0 Å². The lowest BCUT2D eigenvalue weighted by atomic mass is 9.89. The summed E-state index contributed by atoms with van der Waals surface area (Å²) < 4.78 is 10.6. The van der Waals surface area contributed by atoms with Crippen LogP contribution in [0.1, 0.15) is 42.2 Å². The van der Waals surface area contributed by atoms with Gasteiger partial charge in [0.15, 0.2) is 0 Å². The topological polar surface area (TPSA) is 82.6 Å². The highest BCUT2D eigenvalue weighted by atomic mass is 35.5. The lowest BCUT2D eigenvalue weighted by molar-refractivity contribution is -0.117. The predicted molar refractivity (Wildman–Crippen MR) is 162 cm³/mol. The molecular formula is C32H33ClN4O5. The number of rotatable bonds is 7. The number of amides is 3. The number of para-hydroxylation sites is 1. The Morgan fingerprint density at radius 1 is 0.976 bits per heavy atom. The number of carbonyl (C=O) groups is 3. The Kier molecular flexibility index (Phi) is 8.68. The first-order chi connectivity index (χ1) is 20.3. The van der Waals surface area contributed by atoms with Crippen molar-refractivity contribution in [1.82, 2.24) is 9.80 Å². The molecule has 0 bridgehead atoms. The molecule has 0 N–H and O–H groups in total. The number of methoxy groups -OCH3 is 1. The van der Waals surface area contributed by atoms with Crippen LogP contribution in [-0.2, 0) is 9.53 Å². The molecule has 3 amide bonds. The van der Waals surface area contributed by atoms with Gasteiger partial charge in [-0.15, -0.1) is 0 Å². The molecule has 0 saturated heterocycles. The molecule has 0 saturated carbocycles. The zero-order chi connectivity index (χ0) is 29.8. The second kappa shape index (κ2) is 12.6. The summed E-state index contributed by atoms with van der Waals surface area (Å²) in [7, 11) is 1.35. The van der Waals surface area contributed by atoms with Gasteiger partial charge in [-0.2, -0.15) is 0 Å². The van der Waals surface area contributed by atoms with Gasteiger partial charge in [0.2, 0.25) is 5.91 Å². The SMILES string of the molecule is COC(=O)N1C=CN(CCOc2ccc(C(=O)N3c4ccccc4C(N(C(C)=O)c4ccc(Cl)cc4)CC3C)cc2)C1. The Morgan fingerprint density at radius 3 is 2.38 bits per heavy atom. The van der Waals surface area contributed by atoms with Crippen LogP contribution in [0.15, 0.2) is 85.2 Å². The first kappa shape index (κ1) is 29.0. The standard InChI is InChI=1S/C32H33ClN4O5/c1-22-20-30(37(23(2)38)26-12-10-25(33)11-13-26)28-6-4-5-7-29(28)36(22)31(39)24-8-14-27(15-9-24)42-19-18-34-16-17-35(21-34)32(40)41-3/h4-17,22,30H,18-21H2,1-3H3. The van der Waals surface area contributed by atoms with E-state index in [1.807, 2.05) is 59.3 Å². The average Bonchev–Trinajstić information content (AvgIpc) is 3.47. The van der Waals surface area contributed by atoms with Gasteiger partial charge in [-0.3, -0.25) is 14.5 Å². The van der Waals surface area contributed by atoms with Gasteiger partial charge in [-0.25, -0.2) is 4.79 Å². The molecule has 2 aliphatic heterocycles. The minimum Gasteiger partial charge on any atom is -0.492 e. The van der Waals surface area contributed by atoms with E-state index in [1.54, 1.807) is 54.4 Å². The monoisotopic (exact) mass is 588 g/mol. The molecular weight excluding hydrogens is 556 g/mol. The Bertz CT molecular complexity index is 1480. The highest BCUT2D eigenvalue weighted by molar-refractivity contribution is 6.30. The normalized spacial score (nSPS) is 17.6. The molecule has 0 spiro atoms. The summed E-state index contributed by atoms with van der Waals surface area (Å²) in [6.07, 6.45) is 3.65. The van der Waals surface area contributed by atoms with E-state index >= 15 is 0 Å². The molecule has 3 aromatic rings. The zero-order valence-corrected chi connectivity index (χ0v) is 24.5. The van der Waals surface area contributed by atoms with Crippen LogP contribution in [0.4, 0.5) is 16.2 Å². The number of benzene rings is 3. The number of ether oxygens (including phenoxy) is 2. The van der Waals surface area contributed by atoms with Crippen LogP contribution in [0, 0.1) is 0 Å². The van der Waals surface area contributed by atoms with Crippen LogP contribution in [0.3, 0.4) is 0 Å². The second-order valence-corrected chi connectivity index (χ2v) is 10.7. The summed E-state index contributed by atoms with van der Waals surface area (Å²) in [5.41, 5.74) is 3.00. The maximum absolute atomic E-state index is 13.8. The Balaban J connectivity index is 1.28. The number of carbonyl (C=O) groups excluding carboxylic acids is 3. The molecule has 2 heterocycles. The fourth-order valence-electron chi connectivity index (χ4n) is 5.48. The summed E-state index contributed by atoms with van der Waals surface area (Å²) in [6.45, 7) is 4.96. The van der Waals surface area contributed by atoms with E-state index in [2.05, 4.69) is 0 Å². The average molecular weight is 589 g/mol. The minimum atomic E-state index is -0.408. The Labute approximate surface area is 250 Å². The molecule has 3 aromatic carbocycles. The fraction of sp³-hybridized carbons (Fsp3) is 0.281. The van der Waals surface area contributed by atoms with Crippen LogP contribution in [0.25, 0.3) is 0 Å². The molecule has 2 atom stereocenters. The van der Waals surface area contributed by atoms with Gasteiger partial charge >= 0.3 is 6.09 Å². The molecule has 218 valence electrons. The van der Waals surface area contributed by atoms with Crippen molar-refractivity contribution in [1.29, 1.82) is 0 Å². The van der Waals surface area contributed by atoms with Crippen molar-refractivity contribution in [2.75, 3.05) is 36.7 Å². The lowest BCUT2D eigenvalue weighted by Crippen LogP contribution is -2.47. The smallest absolute Gasteiger partial charge is 0.415 e. The van der Waals surface area contributed by atoms with Crippen molar-refractivity contribution in [2.45, 2.75) is 32.4 Å². The van der Waals surface area contributed by atoms with Gasteiger partial charge in [0, 0.05) is 47.3 Å². The molecule has 2 unspecified atom stereocenters. The molecule has 2 aliphatic rings. The summed E-state index contributed by atoms with van der Waals surface area (Å²) in [4.78, 5) is 45.4. The van der Waals surface area contributed by atoms with Crippen molar-refractivity contribution >= 4 is 40.9 Å². The van der Waals surface area contributed by atoms with Crippen molar-refractivity contribution in [3.63, 3.8) is 0 Å². The number of halogens is 1. The Morgan fingerprint density at radius 2 is 1.69 bits per heavy atom. The number of fused-ring (bicyclic) bond motifs is 1. The van der Waals surface area contributed by atoms with E-state index in [0.29, 0.717) is 42.6 Å². The predicted octanol–water partition coefficient (Wildman–Crippen LogP) is 6.06. The van der Waals surface area contributed by atoms with Gasteiger partial charge < -0.3 is 24.2 Å². The molecule has 10 heteroatoms. The zero-order valence-electron chi connectivity index (χ0n) is 23.8. The van der Waals surface area contributed by atoms with Gasteiger partial charge in [0.25, 0.3) is 5.91 Å². The minimum absolute atomic E-state index is 0.0822. The molecule has 9 nitrogen and oxygen atoms in total. The first-order valence-corrected chi connectivity index (χ1v) is 14.1. The maximum atomic E-state index is 13.8. The summed E-state index contributed by atoms with van der Waals surface area (Å²) >= 11 is 6.10. The lowest BCUT2D eigenvalue weighted by Gasteiger charge is -2.43. The highest BCUT2D eigenvalue weighted by Crippen LogP contribution is 2.43. The number of nitrogens with zero attached hydrogens (tertiary/aromatic N) is 4. The van der Waals surface area contributed by atoms with Crippen LogP contribution < -0.4 is 14.5 Å². The largest absolute Gasteiger partial charge is 0.492 e. The third-order valence-corrected chi connectivity index (χ3v) is 7.74. The maximum Gasteiger partial charge on any atom is 0.415 e. The van der Waals surface area contributed by atoms with Crippen LogP contribution in [0.2, 0.25) is 5.02 Å². The van der Waals surface area contributed by atoms with Gasteiger partial charge in [-0.1, -0.05) is 29.8 Å². The Hall–Kier alpha value is -4.50. The van der Waals surface area contributed by atoms with E-state index in [1.165, 1.54) is 12.0 Å². The van der Waals surface area contributed by atoms with Gasteiger partial charge in [0.05, 0.1) is 19.7 Å². The molecule has 0 aromatic heterocycles. The van der Waals surface area contributed by atoms with Crippen molar-refractivity contribution < 1.29 is 23.9 Å². The summed E-state index contributed by atoms with van der Waals surface area (Å²) in [6, 6.07) is 21.7. The third kappa shape index (κ3) is 6.06. The van der Waals surface area contributed by atoms with Crippen LogP contribution >= 0.6 is 11.6 Å². The molecule has 42 heavy (non-hydrogen) atoms. The quantitative estimate of drug-likeness (QED) is 0.333. The van der Waals surface area contributed by atoms with Gasteiger partial charge in [0.1, 0.15) is 19.0 Å². The van der Waals surface area contributed by atoms with Crippen LogP contribution in [0.5, 0.6) is 5.75 Å². The van der Waals surface area contributed by atoms with E-state index in [4.69, 9.17) is 21.1 Å². The molecule has 5 rings (SSSR count). The molecule has 0 fully saturated rings. The molecule has 0 aliphatic carbocycles. The second-order valence-electron chi connectivity index (χ2n) is 10.3. The van der Waals surface area contributed by atoms with E-state index in [-0.39, 0.29) is 23.9 Å². The summed E-state index contributed by atoms with van der Waals surface area (Å²) in [5, 5.41) is 0.601. The van der Waals surface area contributed by atoms with E-state index < -0.39 is 6.09 Å².